The monoisotopic (exact) mass is 445 g/mol. The summed E-state index contributed by atoms with van der Waals surface area (Å²) in [6, 6.07) is 6.79. The van der Waals surface area contributed by atoms with Gasteiger partial charge in [0.1, 0.15) is 0 Å². The van der Waals surface area contributed by atoms with Gasteiger partial charge in [0.2, 0.25) is 0 Å². The van der Waals surface area contributed by atoms with Gasteiger partial charge in [0.25, 0.3) is 5.91 Å². The minimum absolute atomic E-state index is 0.00655. The zero-order valence-electron chi connectivity index (χ0n) is 18.0. The molecule has 1 aliphatic rings. The van der Waals surface area contributed by atoms with Crippen molar-refractivity contribution in [3.63, 3.8) is 0 Å². The average molecular weight is 446 g/mol. The summed E-state index contributed by atoms with van der Waals surface area (Å²) in [6.07, 6.45) is 1.52. The second-order valence-electron chi connectivity index (χ2n) is 8.33. The minimum atomic E-state index is -1.19. The molecule has 0 saturated carbocycles. The molecule has 1 atom stereocenters. The van der Waals surface area contributed by atoms with Crippen molar-refractivity contribution in [2.75, 3.05) is 31.1 Å². The molecule has 2 aromatic rings. The first-order chi connectivity index (χ1) is 15.2. The van der Waals surface area contributed by atoms with Gasteiger partial charge in [0.15, 0.2) is 17.4 Å². The van der Waals surface area contributed by atoms with Crippen LogP contribution < -0.4 is 22.5 Å². The van der Waals surface area contributed by atoms with E-state index in [1.165, 1.54) is 0 Å². The van der Waals surface area contributed by atoms with Crippen molar-refractivity contribution in [3.8, 4) is 0 Å². The molecule has 0 aromatic heterocycles. The van der Waals surface area contributed by atoms with Crippen LogP contribution in [0.3, 0.4) is 0 Å². The van der Waals surface area contributed by atoms with Crippen LogP contribution in [-0.2, 0) is 11.3 Å². The molecule has 1 heterocycles. The molecule has 0 bridgehead atoms. The summed E-state index contributed by atoms with van der Waals surface area (Å²) in [4.78, 5) is 27.0. The van der Waals surface area contributed by atoms with Gasteiger partial charge in [-0.3, -0.25) is 14.5 Å². The first-order valence-corrected chi connectivity index (χ1v) is 10.5. The highest BCUT2D eigenvalue weighted by atomic mass is 19.2. The lowest BCUT2D eigenvalue weighted by molar-refractivity contribution is -0.120. The Morgan fingerprint density at radius 2 is 1.75 bits per heavy atom. The van der Waals surface area contributed by atoms with Crippen LogP contribution in [0.5, 0.6) is 0 Å². The molecule has 32 heavy (non-hydrogen) atoms. The van der Waals surface area contributed by atoms with E-state index in [4.69, 9.17) is 17.2 Å². The Bertz CT molecular complexity index is 1010. The fourth-order valence-corrected chi connectivity index (χ4v) is 3.92. The van der Waals surface area contributed by atoms with Crippen molar-refractivity contribution in [1.29, 1.82) is 0 Å². The average Bonchev–Trinajstić information content (AvgIpc) is 2.77. The topological polar surface area (TPSA) is 127 Å². The number of carbonyl (C=O) groups is 2. The number of nitrogens with two attached hydrogens (primary N) is 3. The van der Waals surface area contributed by atoms with Crippen molar-refractivity contribution in [2.24, 2.45) is 11.7 Å². The number of halogens is 2. The molecule has 1 fully saturated rings. The number of rotatable bonds is 7. The molecular weight excluding hydrogens is 416 g/mol. The van der Waals surface area contributed by atoms with E-state index in [9.17, 15) is 18.4 Å². The van der Waals surface area contributed by atoms with Crippen LogP contribution in [0.15, 0.2) is 30.3 Å². The number of Topliss-reactive ketones (excluding diaryl/α,β-unsaturated/α-hetero) is 1. The fraction of sp³-hybridized carbons (Fsp3) is 0.391. The summed E-state index contributed by atoms with van der Waals surface area (Å²) >= 11 is 0. The molecule has 1 saturated heterocycles. The number of anilines is 2. The number of nitrogens with zero attached hydrogens (tertiary/aromatic N) is 1. The third-order valence-electron chi connectivity index (χ3n) is 6.02. The van der Waals surface area contributed by atoms with Gasteiger partial charge in [0, 0.05) is 24.0 Å². The number of hydrogen-bond acceptors (Lipinski definition) is 6. The van der Waals surface area contributed by atoms with E-state index in [1.54, 1.807) is 0 Å². The standard InChI is InChI=1S/C23H29F2N5O2/c1-13-2-3-14(8-19(13)26)12-30-6-4-15(5-7-30)22(28)21(31)11-29-23(32)16-9-17(24)18(25)10-20(16)27/h2-3,8-10,15,22H,4-7,11-12,26-28H2,1H3,(H,29,32). The van der Waals surface area contributed by atoms with E-state index in [0.717, 1.165) is 55.4 Å². The van der Waals surface area contributed by atoms with E-state index >= 15 is 0 Å². The molecule has 7 nitrogen and oxygen atoms in total. The van der Waals surface area contributed by atoms with Gasteiger partial charge in [-0.25, -0.2) is 8.78 Å². The normalized spacial score (nSPS) is 16.0. The van der Waals surface area contributed by atoms with Crippen LogP contribution in [0.4, 0.5) is 20.2 Å². The Morgan fingerprint density at radius 1 is 1.09 bits per heavy atom. The molecule has 0 spiro atoms. The van der Waals surface area contributed by atoms with Crippen LogP contribution >= 0.6 is 0 Å². The van der Waals surface area contributed by atoms with Gasteiger partial charge in [-0.2, -0.15) is 0 Å². The molecule has 172 valence electrons. The predicted octanol–water partition coefficient (Wildman–Crippen LogP) is 1.98. The second-order valence-corrected chi connectivity index (χ2v) is 8.33. The molecule has 7 N–H and O–H groups in total. The summed E-state index contributed by atoms with van der Waals surface area (Å²) in [7, 11) is 0. The first kappa shape index (κ1) is 23.6. The Balaban J connectivity index is 1.47. The lowest BCUT2D eigenvalue weighted by Crippen LogP contribution is -2.47. The Morgan fingerprint density at radius 3 is 2.41 bits per heavy atom. The number of nitrogen functional groups attached to an aromatic ring is 2. The molecule has 0 radical (unpaired) electrons. The highest BCUT2D eigenvalue weighted by molar-refractivity contribution is 6.01. The number of piperidine rings is 1. The highest BCUT2D eigenvalue weighted by Gasteiger charge is 2.29. The Labute approximate surface area is 185 Å². The fourth-order valence-electron chi connectivity index (χ4n) is 3.92. The van der Waals surface area contributed by atoms with Crippen LogP contribution in [0.25, 0.3) is 0 Å². The zero-order chi connectivity index (χ0) is 23.4. The third kappa shape index (κ3) is 5.60. The predicted molar refractivity (Wildman–Crippen MR) is 120 cm³/mol. The maximum absolute atomic E-state index is 13.4. The van der Waals surface area contributed by atoms with Crippen molar-refractivity contribution in [3.05, 3.63) is 58.7 Å². The van der Waals surface area contributed by atoms with Crippen molar-refractivity contribution >= 4 is 23.1 Å². The summed E-state index contributed by atoms with van der Waals surface area (Å²) < 4.78 is 26.6. The minimum Gasteiger partial charge on any atom is -0.399 e. The highest BCUT2D eigenvalue weighted by Crippen LogP contribution is 2.23. The van der Waals surface area contributed by atoms with E-state index in [1.807, 2.05) is 19.1 Å². The van der Waals surface area contributed by atoms with Gasteiger partial charge in [-0.15, -0.1) is 0 Å². The largest absolute Gasteiger partial charge is 0.399 e. The smallest absolute Gasteiger partial charge is 0.253 e. The molecule has 2 aromatic carbocycles. The SMILES string of the molecule is Cc1ccc(CN2CCC(C(N)C(=O)CNC(=O)c3cc(F)c(F)cc3N)CC2)cc1N. The van der Waals surface area contributed by atoms with Crippen molar-refractivity contribution in [1.82, 2.24) is 10.2 Å². The Hall–Kier alpha value is -3.04. The summed E-state index contributed by atoms with van der Waals surface area (Å²) in [5, 5.41) is 2.40. The van der Waals surface area contributed by atoms with E-state index < -0.39 is 23.6 Å². The van der Waals surface area contributed by atoms with Gasteiger partial charge < -0.3 is 22.5 Å². The maximum atomic E-state index is 13.4. The van der Waals surface area contributed by atoms with Crippen LogP contribution in [0, 0.1) is 24.5 Å². The molecular formula is C23H29F2N5O2. The number of aryl methyl sites for hydroxylation is 1. The summed E-state index contributed by atoms with van der Waals surface area (Å²) in [5.74, 6) is -3.40. The maximum Gasteiger partial charge on any atom is 0.253 e. The molecule has 0 aliphatic carbocycles. The van der Waals surface area contributed by atoms with Crippen LogP contribution in [-0.4, -0.2) is 42.3 Å². The van der Waals surface area contributed by atoms with E-state index in [0.29, 0.717) is 6.07 Å². The molecule has 1 unspecified atom stereocenters. The van der Waals surface area contributed by atoms with Crippen molar-refractivity contribution in [2.45, 2.75) is 32.4 Å². The zero-order valence-corrected chi connectivity index (χ0v) is 18.0. The Kier molecular flexibility index (Phi) is 7.42. The van der Waals surface area contributed by atoms with Gasteiger partial charge in [0.05, 0.1) is 18.2 Å². The number of likely N-dealkylation sites (tertiary alicyclic amines) is 1. The lowest BCUT2D eigenvalue weighted by atomic mass is 9.87. The van der Waals surface area contributed by atoms with Crippen LogP contribution in [0.1, 0.15) is 34.3 Å². The summed E-state index contributed by atoms with van der Waals surface area (Å²) in [6.45, 7) is 4.06. The van der Waals surface area contributed by atoms with Crippen molar-refractivity contribution < 1.29 is 18.4 Å². The number of hydrogen-bond donors (Lipinski definition) is 4. The third-order valence-corrected chi connectivity index (χ3v) is 6.02. The number of carbonyl (C=O) groups excluding carboxylic acids is 2. The number of ketones is 1. The number of amides is 1. The number of benzene rings is 2. The molecule has 9 heteroatoms. The number of nitrogens with one attached hydrogen (secondary N) is 1. The molecule has 1 aliphatic heterocycles. The van der Waals surface area contributed by atoms with E-state index in [2.05, 4.69) is 16.3 Å². The molecule has 1 amide bonds. The van der Waals surface area contributed by atoms with Crippen LogP contribution in [0.2, 0.25) is 0 Å². The van der Waals surface area contributed by atoms with Gasteiger partial charge in [-0.05, 0) is 62.0 Å². The quantitative estimate of drug-likeness (QED) is 0.483. The first-order valence-electron chi connectivity index (χ1n) is 10.5. The van der Waals surface area contributed by atoms with E-state index in [-0.39, 0.29) is 29.5 Å². The van der Waals surface area contributed by atoms with Gasteiger partial charge in [-0.1, -0.05) is 12.1 Å². The lowest BCUT2D eigenvalue weighted by Gasteiger charge is -2.34. The molecule has 3 rings (SSSR count). The summed E-state index contributed by atoms with van der Waals surface area (Å²) in [5.41, 5.74) is 20.2. The van der Waals surface area contributed by atoms with Gasteiger partial charge >= 0.3 is 0 Å². The second kappa shape index (κ2) is 10.1.